The molecule has 2 fully saturated rings. The zero-order chi connectivity index (χ0) is 26.9. The highest BCUT2D eigenvalue weighted by molar-refractivity contribution is 8.04. The highest BCUT2D eigenvalue weighted by atomic mass is 32.2. The van der Waals surface area contributed by atoms with Gasteiger partial charge in [-0.1, -0.05) is 60.3 Å². The number of benzene rings is 1. The Morgan fingerprint density at radius 2 is 2.05 bits per heavy atom. The second-order valence-electron chi connectivity index (χ2n) is 9.95. The molecule has 39 heavy (non-hydrogen) atoms. The average molecular weight is 580 g/mol. The SMILES string of the molecule is C[n+]1ccc(-c2csc(SC3CSC4C(N)[C@H](O)N4[C@@H]3C(=O)OC(C3=CC=CCC3)c3ccccc3)n2)cc1. The zero-order valence-electron chi connectivity index (χ0n) is 21.5. The Balaban J connectivity index is 1.26. The van der Waals surface area contributed by atoms with Crippen LogP contribution in [0.3, 0.4) is 0 Å². The molecule has 6 rings (SSSR count). The van der Waals surface area contributed by atoms with E-state index in [0.29, 0.717) is 5.75 Å². The second-order valence-corrected chi connectivity index (χ2v) is 13.4. The molecule has 1 aliphatic carbocycles. The van der Waals surface area contributed by atoms with Crippen LogP contribution in [0, 0.1) is 0 Å². The molecular formula is C29H31N4O3S3+. The monoisotopic (exact) mass is 579 g/mol. The summed E-state index contributed by atoms with van der Waals surface area (Å²) in [5.74, 6) is 0.379. The number of aliphatic hydroxyl groups is 1. The van der Waals surface area contributed by atoms with Crippen molar-refractivity contribution in [2.45, 2.75) is 52.2 Å². The lowest BCUT2D eigenvalue weighted by atomic mass is 9.94. The quantitative estimate of drug-likeness (QED) is 0.320. The molecule has 0 spiro atoms. The number of esters is 1. The molecule has 0 bridgehead atoms. The standard InChI is InChI=1S/C29H31N4O3S3/c1-32-14-12-18(13-15-32)21-16-38-29(31-21)39-22-17-37-27-23(30)26(34)33(27)24(22)28(35)36-25(19-8-4-2-5-9-19)20-10-6-3-7-11-20/h2-6,8-10,12-16,22-27,34H,7,11,17,30H2,1H3/q+1/t22?,23?,24-,25?,26-,27?/m0/s1. The lowest BCUT2D eigenvalue weighted by Crippen LogP contribution is -2.77. The molecule has 7 nitrogen and oxygen atoms in total. The Morgan fingerprint density at radius 1 is 1.26 bits per heavy atom. The van der Waals surface area contributed by atoms with Gasteiger partial charge in [0.2, 0.25) is 0 Å². The summed E-state index contributed by atoms with van der Waals surface area (Å²) in [5, 5.41) is 12.6. The van der Waals surface area contributed by atoms with E-state index in [1.54, 1.807) is 34.9 Å². The van der Waals surface area contributed by atoms with Crippen molar-refractivity contribution in [2.24, 2.45) is 12.8 Å². The third-order valence-corrected chi connectivity index (χ3v) is 11.2. The van der Waals surface area contributed by atoms with Gasteiger partial charge in [0.25, 0.3) is 0 Å². The minimum atomic E-state index is -0.882. The van der Waals surface area contributed by atoms with Gasteiger partial charge in [0, 0.05) is 34.1 Å². The molecule has 3 aromatic rings. The Morgan fingerprint density at radius 3 is 2.79 bits per heavy atom. The summed E-state index contributed by atoms with van der Waals surface area (Å²) in [4.78, 5) is 20.7. The first-order chi connectivity index (χ1) is 19.0. The number of aryl methyl sites for hydroxylation is 1. The number of aromatic nitrogens is 2. The Hall–Kier alpha value is -2.47. The van der Waals surface area contributed by atoms with Crippen LogP contribution in [0.25, 0.3) is 11.3 Å². The van der Waals surface area contributed by atoms with Crippen molar-refractivity contribution in [3.05, 3.63) is 89.6 Å². The fraction of sp³-hybridized carbons (Fsp3) is 0.345. The Labute approximate surface area is 240 Å². The maximum absolute atomic E-state index is 14.0. The summed E-state index contributed by atoms with van der Waals surface area (Å²) in [6.45, 7) is 0. The molecule has 202 valence electrons. The first-order valence-corrected chi connectivity index (χ1v) is 15.8. The van der Waals surface area contributed by atoms with Crippen LogP contribution >= 0.6 is 34.9 Å². The number of thioether (sulfide) groups is 2. The summed E-state index contributed by atoms with van der Waals surface area (Å²) in [5.41, 5.74) is 10.2. The lowest BCUT2D eigenvalue weighted by Gasteiger charge is -2.57. The molecule has 3 N–H and O–H groups in total. The molecule has 0 radical (unpaired) electrons. The third-order valence-electron chi connectivity index (χ3n) is 7.35. The van der Waals surface area contributed by atoms with Crippen molar-refractivity contribution in [1.29, 1.82) is 0 Å². The molecule has 6 atom stereocenters. The number of hydrogen-bond acceptors (Lipinski definition) is 9. The maximum Gasteiger partial charge on any atom is 0.325 e. The van der Waals surface area contributed by atoms with E-state index in [1.807, 2.05) is 82.8 Å². The van der Waals surface area contributed by atoms with Gasteiger partial charge in [-0.2, -0.15) is 0 Å². The van der Waals surface area contributed by atoms with E-state index in [1.165, 1.54) is 0 Å². The largest absolute Gasteiger partial charge is 0.452 e. The van der Waals surface area contributed by atoms with Crippen molar-refractivity contribution in [2.75, 3.05) is 5.75 Å². The zero-order valence-corrected chi connectivity index (χ0v) is 23.9. The fourth-order valence-electron chi connectivity index (χ4n) is 5.22. The molecule has 2 aliphatic heterocycles. The van der Waals surface area contributed by atoms with Crippen LogP contribution in [0.15, 0.2) is 88.4 Å². The van der Waals surface area contributed by atoms with Gasteiger partial charge in [-0.3, -0.25) is 4.79 Å². The first-order valence-electron chi connectivity index (χ1n) is 13.0. The molecule has 2 saturated heterocycles. The molecule has 4 unspecified atom stereocenters. The molecular weight excluding hydrogens is 549 g/mol. The number of rotatable bonds is 7. The minimum Gasteiger partial charge on any atom is -0.452 e. The number of fused-ring (bicyclic) bond motifs is 1. The third kappa shape index (κ3) is 5.46. The van der Waals surface area contributed by atoms with Gasteiger partial charge in [-0.05, 0) is 24.0 Å². The van der Waals surface area contributed by atoms with Crippen molar-refractivity contribution in [1.82, 2.24) is 9.88 Å². The van der Waals surface area contributed by atoms with E-state index in [-0.39, 0.29) is 16.6 Å². The topological polar surface area (TPSA) is 92.6 Å². The number of ether oxygens (including phenoxy) is 1. The number of nitrogens with two attached hydrogens (primary N) is 1. The molecule has 3 aliphatic rings. The number of pyridine rings is 1. The average Bonchev–Trinajstić information content (AvgIpc) is 3.44. The number of hydrogen-bond donors (Lipinski definition) is 2. The number of aliphatic hydroxyl groups excluding tert-OH is 1. The van der Waals surface area contributed by atoms with E-state index >= 15 is 0 Å². The maximum atomic E-state index is 14.0. The van der Waals surface area contributed by atoms with Gasteiger partial charge >= 0.3 is 5.97 Å². The number of carbonyl (C=O) groups excluding carboxylic acids is 1. The molecule has 1 aromatic carbocycles. The van der Waals surface area contributed by atoms with E-state index < -0.39 is 24.4 Å². The smallest absolute Gasteiger partial charge is 0.325 e. The summed E-state index contributed by atoms with van der Waals surface area (Å²) in [7, 11) is 1.99. The van der Waals surface area contributed by atoms with Crippen LogP contribution in [-0.2, 0) is 16.6 Å². The van der Waals surface area contributed by atoms with Gasteiger partial charge in [0.1, 0.15) is 25.4 Å². The predicted octanol–water partition coefficient (Wildman–Crippen LogP) is 4.06. The summed E-state index contributed by atoms with van der Waals surface area (Å²) in [6.07, 6.45) is 10.6. The highest BCUT2D eigenvalue weighted by Gasteiger charge is 2.57. The molecule has 2 aromatic heterocycles. The van der Waals surface area contributed by atoms with Crippen LogP contribution in [-0.4, -0.2) is 55.6 Å². The summed E-state index contributed by atoms with van der Waals surface area (Å²) >= 11 is 4.84. The van der Waals surface area contributed by atoms with Crippen LogP contribution in [0.1, 0.15) is 24.5 Å². The van der Waals surface area contributed by atoms with E-state index in [4.69, 9.17) is 15.5 Å². The number of allylic oxidation sites excluding steroid dienone is 3. The van der Waals surface area contributed by atoms with E-state index in [2.05, 4.69) is 12.2 Å². The molecule has 4 heterocycles. The van der Waals surface area contributed by atoms with Crippen LogP contribution in [0.5, 0.6) is 0 Å². The van der Waals surface area contributed by atoms with Gasteiger partial charge < -0.3 is 15.6 Å². The van der Waals surface area contributed by atoms with Crippen molar-refractivity contribution in [3.63, 3.8) is 0 Å². The first kappa shape index (κ1) is 26.7. The van der Waals surface area contributed by atoms with Gasteiger partial charge in [-0.15, -0.1) is 23.1 Å². The number of nitrogens with zero attached hydrogens (tertiary/aromatic N) is 3. The number of thiazole rings is 1. The normalized spacial score (nSPS) is 27.3. The van der Waals surface area contributed by atoms with Gasteiger partial charge in [0.05, 0.1) is 17.1 Å². The summed E-state index contributed by atoms with van der Waals surface area (Å²) < 4.78 is 9.21. The Bertz CT molecular complexity index is 1380. The van der Waals surface area contributed by atoms with Crippen LogP contribution in [0.2, 0.25) is 0 Å². The molecule has 0 amide bonds. The van der Waals surface area contributed by atoms with Crippen molar-refractivity contribution < 1.29 is 19.2 Å². The van der Waals surface area contributed by atoms with E-state index in [9.17, 15) is 9.90 Å². The number of carbonyl (C=O) groups is 1. The van der Waals surface area contributed by atoms with Crippen LogP contribution < -0.4 is 10.3 Å². The lowest BCUT2D eigenvalue weighted by molar-refractivity contribution is -0.671. The summed E-state index contributed by atoms with van der Waals surface area (Å²) in [6, 6.07) is 12.9. The minimum absolute atomic E-state index is 0.113. The van der Waals surface area contributed by atoms with Crippen molar-refractivity contribution in [3.8, 4) is 11.3 Å². The predicted molar refractivity (Wildman–Crippen MR) is 156 cm³/mol. The second kappa shape index (κ2) is 11.6. The molecule has 0 saturated carbocycles. The fourth-order valence-corrected chi connectivity index (χ4v) is 9.17. The Kier molecular flexibility index (Phi) is 7.93. The van der Waals surface area contributed by atoms with Crippen LogP contribution in [0.4, 0.5) is 0 Å². The van der Waals surface area contributed by atoms with Crippen molar-refractivity contribution >= 4 is 40.8 Å². The molecule has 10 heteroatoms. The van der Waals surface area contributed by atoms with E-state index in [0.717, 1.165) is 39.6 Å². The highest BCUT2D eigenvalue weighted by Crippen LogP contribution is 2.46. The van der Waals surface area contributed by atoms with Gasteiger partial charge in [0.15, 0.2) is 16.7 Å². The van der Waals surface area contributed by atoms with Gasteiger partial charge in [-0.25, -0.2) is 14.5 Å².